The Hall–Kier alpha value is -4.17. The Morgan fingerprint density at radius 2 is 1.77 bits per heavy atom. The Labute approximate surface area is 232 Å². The molecule has 6 rings (SSSR count). The number of pyridine rings is 1. The fraction of sp³-hybridized carbons (Fsp3) is 0.312. The van der Waals surface area contributed by atoms with E-state index in [1.165, 1.54) is 17.7 Å². The van der Waals surface area contributed by atoms with Crippen molar-refractivity contribution in [3.63, 3.8) is 0 Å². The molecule has 5 aromatic rings. The van der Waals surface area contributed by atoms with Gasteiger partial charge in [-0.25, -0.2) is 9.07 Å². The van der Waals surface area contributed by atoms with Crippen LogP contribution in [-0.4, -0.2) is 36.6 Å². The van der Waals surface area contributed by atoms with Crippen LogP contribution in [0.5, 0.6) is 0 Å². The zero-order valence-corrected chi connectivity index (χ0v) is 22.6. The molecule has 0 aliphatic heterocycles. The molecule has 2 heterocycles. The molecule has 0 radical (unpaired) electrons. The summed E-state index contributed by atoms with van der Waals surface area (Å²) in [6.07, 6.45) is 5.07. The van der Waals surface area contributed by atoms with E-state index in [1.54, 1.807) is 12.1 Å². The van der Waals surface area contributed by atoms with E-state index in [0.717, 1.165) is 54.1 Å². The van der Waals surface area contributed by atoms with Gasteiger partial charge < -0.3 is 4.98 Å². The lowest BCUT2D eigenvalue weighted by Crippen LogP contribution is -2.36. The average Bonchev–Trinajstić information content (AvgIpc) is 3.66. The second kappa shape index (κ2) is 11.5. The number of aromatic nitrogens is 5. The number of rotatable bonds is 9. The summed E-state index contributed by atoms with van der Waals surface area (Å²) in [7, 11) is 0. The number of halogens is 1. The van der Waals surface area contributed by atoms with Gasteiger partial charge in [0.2, 0.25) is 0 Å². The van der Waals surface area contributed by atoms with E-state index >= 15 is 0 Å². The number of tetrazole rings is 1. The molecule has 1 atom stereocenters. The molecule has 1 aliphatic rings. The summed E-state index contributed by atoms with van der Waals surface area (Å²) in [4.78, 5) is 19.2. The molecule has 8 heteroatoms. The molecule has 204 valence electrons. The van der Waals surface area contributed by atoms with Crippen molar-refractivity contribution in [1.82, 2.24) is 30.1 Å². The van der Waals surface area contributed by atoms with Gasteiger partial charge >= 0.3 is 0 Å². The largest absolute Gasteiger partial charge is 0.322 e. The molecule has 2 aromatic heterocycles. The van der Waals surface area contributed by atoms with Crippen LogP contribution in [0.25, 0.3) is 10.9 Å². The minimum atomic E-state index is -0.501. The third kappa shape index (κ3) is 5.58. The summed E-state index contributed by atoms with van der Waals surface area (Å²) in [5.74, 6) is 0.390. The third-order valence-electron chi connectivity index (χ3n) is 7.95. The first-order chi connectivity index (χ1) is 19.5. The highest BCUT2D eigenvalue weighted by Crippen LogP contribution is 2.34. The lowest BCUT2D eigenvalue weighted by molar-refractivity contribution is 0.201. The van der Waals surface area contributed by atoms with E-state index < -0.39 is 6.04 Å². The number of fused-ring (bicyclic) bond motifs is 1. The third-order valence-corrected chi connectivity index (χ3v) is 7.95. The minimum absolute atomic E-state index is 0.159. The Balaban J connectivity index is 1.49. The molecule has 1 N–H and O–H groups in total. The molecule has 40 heavy (non-hydrogen) atoms. The fourth-order valence-electron chi connectivity index (χ4n) is 5.86. The zero-order valence-electron chi connectivity index (χ0n) is 22.6. The maximum absolute atomic E-state index is 13.8. The first kappa shape index (κ1) is 26.1. The molecule has 1 unspecified atom stereocenters. The number of hydrogen-bond acceptors (Lipinski definition) is 5. The van der Waals surface area contributed by atoms with Crippen molar-refractivity contribution >= 4 is 10.9 Å². The molecule has 1 fully saturated rings. The molecule has 0 amide bonds. The topological polar surface area (TPSA) is 79.7 Å². The van der Waals surface area contributed by atoms with Gasteiger partial charge in [0.15, 0.2) is 5.82 Å². The number of aryl methyl sites for hydroxylation is 1. The summed E-state index contributed by atoms with van der Waals surface area (Å²) < 4.78 is 15.7. The Kier molecular flexibility index (Phi) is 7.51. The van der Waals surface area contributed by atoms with Gasteiger partial charge in [-0.3, -0.25) is 9.69 Å². The van der Waals surface area contributed by atoms with Gasteiger partial charge in [-0.2, -0.15) is 0 Å². The Morgan fingerprint density at radius 1 is 1.00 bits per heavy atom. The van der Waals surface area contributed by atoms with Crippen molar-refractivity contribution in [1.29, 1.82) is 0 Å². The van der Waals surface area contributed by atoms with Gasteiger partial charge in [-0.05, 0) is 83.0 Å². The molecule has 0 bridgehead atoms. The van der Waals surface area contributed by atoms with Crippen LogP contribution in [0.2, 0.25) is 0 Å². The number of H-pyrrole nitrogens is 1. The molecule has 1 saturated carbocycles. The summed E-state index contributed by atoms with van der Waals surface area (Å²) in [6, 6.07) is 24.6. The van der Waals surface area contributed by atoms with Crippen molar-refractivity contribution in [2.24, 2.45) is 0 Å². The molecule has 1 aliphatic carbocycles. The normalized spacial score (nSPS) is 14.8. The quantitative estimate of drug-likeness (QED) is 0.253. The lowest BCUT2D eigenvalue weighted by Gasteiger charge is -2.32. The van der Waals surface area contributed by atoms with Gasteiger partial charge in [-0.15, -0.1) is 5.10 Å². The highest BCUT2D eigenvalue weighted by Gasteiger charge is 2.33. The predicted octanol–water partition coefficient (Wildman–Crippen LogP) is 5.91. The van der Waals surface area contributed by atoms with Crippen LogP contribution in [-0.2, 0) is 13.0 Å². The van der Waals surface area contributed by atoms with Gasteiger partial charge in [-0.1, -0.05) is 67.4 Å². The number of hydrogen-bond donors (Lipinski definition) is 1. The first-order valence-electron chi connectivity index (χ1n) is 14.0. The summed E-state index contributed by atoms with van der Waals surface area (Å²) >= 11 is 0. The molecule has 0 spiro atoms. The Bertz CT molecular complexity index is 1640. The number of nitrogens with one attached hydrogen (secondary N) is 1. The molecule has 0 saturated heterocycles. The van der Waals surface area contributed by atoms with Gasteiger partial charge in [0, 0.05) is 24.2 Å². The summed E-state index contributed by atoms with van der Waals surface area (Å²) in [6.45, 7) is 3.16. The summed E-state index contributed by atoms with van der Waals surface area (Å²) in [5, 5.41) is 14.1. The van der Waals surface area contributed by atoms with E-state index in [4.69, 9.17) is 0 Å². The van der Waals surface area contributed by atoms with Crippen LogP contribution in [0.1, 0.15) is 65.8 Å². The van der Waals surface area contributed by atoms with Crippen molar-refractivity contribution in [3.8, 4) is 0 Å². The minimum Gasteiger partial charge on any atom is -0.322 e. The van der Waals surface area contributed by atoms with Gasteiger partial charge in [0.05, 0.1) is 6.04 Å². The number of benzene rings is 3. The van der Waals surface area contributed by atoms with Crippen molar-refractivity contribution in [2.75, 3.05) is 6.54 Å². The zero-order chi connectivity index (χ0) is 27.5. The van der Waals surface area contributed by atoms with Crippen LogP contribution in [0.3, 0.4) is 0 Å². The van der Waals surface area contributed by atoms with E-state index in [-0.39, 0.29) is 17.4 Å². The van der Waals surface area contributed by atoms with Crippen molar-refractivity contribution in [3.05, 3.63) is 123 Å². The molecular formula is C32H33FN6O. The van der Waals surface area contributed by atoms with E-state index in [1.807, 2.05) is 54.1 Å². The number of nitrogens with zero attached hydrogens (tertiary/aromatic N) is 5. The van der Waals surface area contributed by atoms with Gasteiger partial charge in [0.25, 0.3) is 5.56 Å². The fourth-order valence-corrected chi connectivity index (χ4v) is 5.86. The monoisotopic (exact) mass is 536 g/mol. The Morgan fingerprint density at radius 3 is 2.55 bits per heavy atom. The standard InChI is InChI=1S/C32H33FN6O/c1-22-11-14-25-20-28(32(40)34-29(25)19-22)30(31-35-36-37-39(31)27-9-5-6-10-27)38(18-17-23-7-3-2-4-8-23)21-24-12-15-26(33)16-13-24/h2-4,7-8,11-16,19-20,27,30H,5-6,9-10,17-18,21H2,1H3,(H,34,40). The van der Waals surface area contributed by atoms with Crippen molar-refractivity contribution < 1.29 is 4.39 Å². The van der Waals surface area contributed by atoms with Crippen LogP contribution < -0.4 is 5.56 Å². The van der Waals surface area contributed by atoms with E-state index in [2.05, 4.69) is 37.5 Å². The van der Waals surface area contributed by atoms with E-state index in [9.17, 15) is 9.18 Å². The van der Waals surface area contributed by atoms with Crippen LogP contribution in [0.15, 0.2) is 83.7 Å². The van der Waals surface area contributed by atoms with Crippen molar-refractivity contribution in [2.45, 2.75) is 57.7 Å². The SMILES string of the molecule is Cc1ccc2cc(C(c3nnnn3C3CCCC3)N(CCc3ccccc3)Cc3ccc(F)cc3)c(=O)[nH]c2c1. The summed E-state index contributed by atoms with van der Waals surface area (Å²) in [5.41, 5.74) is 4.47. The highest BCUT2D eigenvalue weighted by molar-refractivity contribution is 5.79. The van der Waals surface area contributed by atoms with Gasteiger partial charge in [0.1, 0.15) is 11.9 Å². The van der Waals surface area contributed by atoms with Crippen LogP contribution in [0.4, 0.5) is 4.39 Å². The molecule has 3 aromatic carbocycles. The second-order valence-electron chi connectivity index (χ2n) is 10.8. The average molecular weight is 537 g/mol. The lowest BCUT2D eigenvalue weighted by atomic mass is 10.0. The van der Waals surface area contributed by atoms with E-state index in [0.29, 0.717) is 24.5 Å². The van der Waals surface area contributed by atoms with Crippen LogP contribution in [0, 0.1) is 12.7 Å². The molecular weight excluding hydrogens is 503 g/mol. The van der Waals surface area contributed by atoms with Crippen LogP contribution >= 0.6 is 0 Å². The number of aromatic amines is 1. The molecule has 7 nitrogen and oxygen atoms in total. The smallest absolute Gasteiger partial charge is 0.253 e. The highest BCUT2D eigenvalue weighted by atomic mass is 19.1. The predicted molar refractivity (Wildman–Crippen MR) is 153 cm³/mol. The maximum Gasteiger partial charge on any atom is 0.253 e. The second-order valence-corrected chi connectivity index (χ2v) is 10.8. The first-order valence-corrected chi connectivity index (χ1v) is 14.0. The maximum atomic E-state index is 13.8.